The van der Waals surface area contributed by atoms with E-state index in [1.165, 1.54) is 0 Å². The maximum atomic E-state index is 12.5. The van der Waals surface area contributed by atoms with Crippen LogP contribution in [0.25, 0.3) is 0 Å². The number of nitrogens with zero attached hydrogens (tertiary/aromatic N) is 1. The number of nitrogens with one attached hydrogen (secondary N) is 1. The number of rotatable bonds is 3. The summed E-state index contributed by atoms with van der Waals surface area (Å²) in [5.74, 6) is 1.31. The normalized spacial score (nSPS) is 26.3. The fourth-order valence-electron chi connectivity index (χ4n) is 3.30. The van der Waals surface area contributed by atoms with Gasteiger partial charge in [0.2, 0.25) is 0 Å². The Balaban J connectivity index is 1.59. The van der Waals surface area contributed by atoms with Crippen LogP contribution in [0.4, 0.5) is 0 Å². The zero-order valence-electron chi connectivity index (χ0n) is 12.2. The smallest absolute Gasteiger partial charge is 0.263 e. The lowest BCUT2D eigenvalue weighted by molar-refractivity contribution is -0.139. The predicted octanol–water partition coefficient (Wildman–Crippen LogP) is 2.32. The molecule has 21 heavy (non-hydrogen) atoms. The average Bonchev–Trinajstić information content (AvgIpc) is 2.93. The summed E-state index contributed by atoms with van der Waals surface area (Å²) in [6.07, 6.45) is 1.73. The van der Waals surface area contributed by atoms with Gasteiger partial charge in [-0.15, -0.1) is 0 Å². The molecule has 1 N–H and O–H groups in total. The van der Waals surface area contributed by atoms with E-state index in [-0.39, 0.29) is 5.91 Å². The Morgan fingerprint density at radius 3 is 3.14 bits per heavy atom. The summed E-state index contributed by atoms with van der Waals surface area (Å²) in [4.78, 5) is 14.5. The Kier molecular flexibility index (Phi) is 4.36. The average molecular weight is 309 g/mol. The van der Waals surface area contributed by atoms with Gasteiger partial charge in [-0.3, -0.25) is 4.79 Å². The fraction of sp³-hybridized carbons (Fsp3) is 0.562. The van der Waals surface area contributed by atoms with Crippen molar-refractivity contribution in [2.75, 3.05) is 19.6 Å². The van der Waals surface area contributed by atoms with Crippen LogP contribution in [0.15, 0.2) is 24.3 Å². The molecule has 3 rings (SSSR count). The van der Waals surface area contributed by atoms with Crippen molar-refractivity contribution in [2.45, 2.75) is 31.9 Å². The van der Waals surface area contributed by atoms with Crippen molar-refractivity contribution in [3.63, 3.8) is 0 Å². The van der Waals surface area contributed by atoms with E-state index >= 15 is 0 Å². The Hall–Kier alpha value is -1.26. The summed E-state index contributed by atoms with van der Waals surface area (Å²) in [7, 11) is 0. The van der Waals surface area contributed by atoms with Gasteiger partial charge in [0.1, 0.15) is 5.75 Å². The maximum Gasteiger partial charge on any atom is 0.263 e. The van der Waals surface area contributed by atoms with E-state index in [0.29, 0.717) is 22.7 Å². The van der Waals surface area contributed by atoms with Gasteiger partial charge < -0.3 is 15.0 Å². The van der Waals surface area contributed by atoms with E-state index in [2.05, 4.69) is 5.32 Å². The van der Waals surface area contributed by atoms with Gasteiger partial charge in [0.05, 0.1) is 0 Å². The number of carbonyl (C=O) groups excluding carboxylic acids is 1. The van der Waals surface area contributed by atoms with Gasteiger partial charge in [-0.2, -0.15) is 0 Å². The van der Waals surface area contributed by atoms with Gasteiger partial charge >= 0.3 is 0 Å². The topological polar surface area (TPSA) is 41.6 Å². The summed E-state index contributed by atoms with van der Waals surface area (Å²) in [5.41, 5.74) is 0. The highest BCUT2D eigenvalue weighted by Crippen LogP contribution is 2.25. The first-order chi connectivity index (χ1) is 10.1. The van der Waals surface area contributed by atoms with Crippen LogP contribution in [0.2, 0.25) is 5.02 Å². The fourth-order valence-corrected chi connectivity index (χ4v) is 3.48. The quantitative estimate of drug-likeness (QED) is 0.932. The van der Waals surface area contributed by atoms with Crippen LogP contribution in [0.5, 0.6) is 5.75 Å². The number of carbonyl (C=O) groups is 1. The van der Waals surface area contributed by atoms with Crippen molar-refractivity contribution in [2.24, 2.45) is 5.92 Å². The molecule has 2 aliphatic heterocycles. The lowest BCUT2D eigenvalue weighted by Crippen LogP contribution is -2.50. The summed E-state index contributed by atoms with van der Waals surface area (Å²) >= 11 is 5.94. The van der Waals surface area contributed by atoms with Crippen molar-refractivity contribution < 1.29 is 9.53 Å². The van der Waals surface area contributed by atoms with Crippen LogP contribution < -0.4 is 10.1 Å². The molecule has 0 saturated carbocycles. The molecule has 0 aliphatic carbocycles. The van der Waals surface area contributed by atoms with Crippen LogP contribution >= 0.6 is 11.6 Å². The minimum Gasteiger partial charge on any atom is -0.481 e. The van der Waals surface area contributed by atoms with E-state index in [4.69, 9.17) is 16.3 Å². The molecular weight excluding hydrogens is 288 g/mol. The number of hydrogen-bond acceptors (Lipinski definition) is 3. The van der Waals surface area contributed by atoms with Gasteiger partial charge in [-0.25, -0.2) is 0 Å². The third-order valence-electron chi connectivity index (χ3n) is 4.42. The number of halogens is 1. The Labute approximate surface area is 130 Å². The van der Waals surface area contributed by atoms with Crippen LogP contribution in [-0.2, 0) is 4.79 Å². The van der Waals surface area contributed by atoms with E-state index in [1.807, 2.05) is 24.0 Å². The molecule has 0 aromatic heterocycles. The molecule has 5 heteroatoms. The number of fused-ring (bicyclic) bond motifs is 1. The molecule has 1 aromatic carbocycles. The number of amides is 1. The molecule has 2 aliphatic rings. The van der Waals surface area contributed by atoms with E-state index in [9.17, 15) is 4.79 Å². The summed E-state index contributed by atoms with van der Waals surface area (Å²) in [6.45, 7) is 4.55. The van der Waals surface area contributed by atoms with Crippen molar-refractivity contribution in [3.05, 3.63) is 29.3 Å². The zero-order chi connectivity index (χ0) is 14.8. The molecule has 0 radical (unpaired) electrons. The van der Waals surface area contributed by atoms with Gasteiger partial charge in [0, 0.05) is 24.2 Å². The second-order valence-electron chi connectivity index (χ2n) is 5.90. The van der Waals surface area contributed by atoms with Crippen LogP contribution in [0.1, 0.15) is 19.8 Å². The molecule has 1 aromatic rings. The Morgan fingerprint density at radius 1 is 1.48 bits per heavy atom. The number of benzene rings is 1. The standard InChI is InChI=1S/C16H21ClN2O2/c1-11(21-14-4-2-3-13(17)9-14)16(20)19-8-6-15-12(10-19)5-7-18-15/h2-4,9,11-12,15,18H,5-8,10H2,1H3. The summed E-state index contributed by atoms with van der Waals surface area (Å²) in [5, 5.41) is 4.13. The maximum absolute atomic E-state index is 12.5. The van der Waals surface area contributed by atoms with E-state index in [1.54, 1.807) is 12.1 Å². The van der Waals surface area contributed by atoms with Crippen LogP contribution in [-0.4, -0.2) is 42.6 Å². The molecule has 114 valence electrons. The van der Waals surface area contributed by atoms with Crippen molar-refractivity contribution in [1.82, 2.24) is 10.2 Å². The predicted molar refractivity (Wildman–Crippen MR) is 82.6 cm³/mol. The second kappa shape index (κ2) is 6.24. The third-order valence-corrected chi connectivity index (χ3v) is 4.66. The highest BCUT2D eigenvalue weighted by molar-refractivity contribution is 6.30. The van der Waals surface area contributed by atoms with Gasteiger partial charge in [0.15, 0.2) is 6.10 Å². The molecule has 2 heterocycles. The Morgan fingerprint density at radius 2 is 2.33 bits per heavy atom. The van der Waals surface area contributed by atoms with Crippen LogP contribution in [0, 0.1) is 5.92 Å². The summed E-state index contributed by atoms with van der Waals surface area (Å²) in [6, 6.07) is 7.77. The molecule has 0 bridgehead atoms. The first-order valence-electron chi connectivity index (χ1n) is 7.58. The number of piperidine rings is 1. The molecule has 1 amide bonds. The molecular formula is C16H21ClN2O2. The highest BCUT2D eigenvalue weighted by atomic mass is 35.5. The van der Waals surface area contributed by atoms with Crippen molar-refractivity contribution in [3.8, 4) is 5.75 Å². The third kappa shape index (κ3) is 3.33. The number of hydrogen-bond donors (Lipinski definition) is 1. The first-order valence-corrected chi connectivity index (χ1v) is 7.95. The molecule has 4 nitrogen and oxygen atoms in total. The van der Waals surface area contributed by atoms with Gasteiger partial charge in [0.25, 0.3) is 5.91 Å². The molecule has 0 spiro atoms. The zero-order valence-corrected chi connectivity index (χ0v) is 13.0. The molecule has 2 saturated heterocycles. The number of likely N-dealkylation sites (tertiary alicyclic amines) is 1. The molecule has 3 atom stereocenters. The summed E-state index contributed by atoms with van der Waals surface area (Å²) < 4.78 is 5.73. The van der Waals surface area contributed by atoms with E-state index in [0.717, 1.165) is 32.5 Å². The minimum absolute atomic E-state index is 0.0697. The minimum atomic E-state index is -0.477. The lowest BCUT2D eigenvalue weighted by Gasteiger charge is -2.36. The molecule has 2 fully saturated rings. The Bertz CT molecular complexity index is 523. The van der Waals surface area contributed by atoms with E-state index < -0.39 is 6.10 Å². The SMILES string of the molecule is CC(Oc1cccc(Cl)c1)C(=O)N1CCC2NCCC2C1. The highest BCUT2D eigenvalue weighted by Gasteiger charge is 2.35. The second-order valence-corrected chi connectivity index (χ2v) is 6.34. The lowest BCUT2D eigenvalue weighted by atomic mass is 9.93. The number of ether oxygens (including phenoxy) is 1. The monoisotopic (exact) mass is 308 g/mol. The van der Waals surface area contributed by atoms with Crippen LogP contribution in [0.3, 0.4) is 0 Å². The first kappa shape index (κ1) is 14.7. The van der Waals surface area contributed by atoms with Crippen molar-refractivity contribution >= 4 is 17.5 Å². The van der Waals surface area contributed by atoms with Gasteiger partial charge in [-0.05, 0) is 50.4 Å². The largest absolute Gasteiger partial charge is 0.481 e. The van der Waals surface area contributed by atoms with Gasteiger partial charge in [-0.1, -0.05) is 17.7 Å². The molecule has 3 unspecified atom stereocenters. The van der Waals surface area contributed by atoms with Crippen molar-refractivity contribution in [1.29, 1.82) is 0 Å².